The maximum Gasteiger partial charge on any atom is 0.338 e. The van der Waals surface area contributed by atoms with Crippen molar-refractivity contribution in [2.75, 3.05) is 11.9 Å². The van der Waals surface area contributed by atoms with Gasteiger partial charge in [-0.3, -0.25) is 14.8 Å². The molecule has 1 saturated carbocycles. The van der Waals surface area contributed by atoms with E-state index in [-0.39, 0.29) is 0 Å². The maximum absolute atomic E-state index is 12.3. The van der Waals surface area contributed by atoms with Crippen molar-refractivity contribution in [3.63, 3.8) is 0 Å². The van der Waals surface area contributed by atoms with E-state index in [4.69, 9.17) is 14.2 Å². The molecule has 158 valence electrons. The molecule has 0 unspecified atom stereocenters. The van der Waals surface area contributed by atoms with Crippen molar-refractivity contribution in [3.8, 4) is 11.5 Å². The lowest BCUT2D eigenvalue weighted by Crippen LogP contribution is -2.40. The van der Waals surface area contributed by atoms with Crippen molar-refractivity contribution < 1.29 is 23.8 Å². The number of hydrogen-bond acceptors (Lipinski definition) is 7. The zero-order valence-electron chi connectivity index (χ0n) is 16.8. The van der Waals surface area contributed by atoms with Gasteiger partial charge in [-0.15, -0.1) is 0 Å². The molecule has 1 aliphatic heterocycles. The second-order valence-corrected chi connectivity index (χ2v) is 7.72. The second kappa shape index (κ2) is 7.86. The Kier molecular flexibility index (Phi) is 4.89. The van der Waals surface area contributed by atoms with E-state index in [9.17, 15) is 9.59 Å². The lowest BCUT2D eigenvalue weighted by molar-refractivity contribution is -0.119. The van der Waals surface area contributed by atoms with E-state index in [2.05, 4.69) is 15.3 Å². The van der Waals surface area contributed by atoms with E-state index in [1.54, 1.807) is 48.8 Å². The first kappa shape index (κ1) is 19.3. The molecule has 1 N–H and O–H groups in total. The van der Waals surface area contributed by atoms with Crippen molar-refractivity contribution in [2.24, 2.45) is 0 Å². The zero-order chi connectivity index (χ0) is 21.3. The molecule has 8 heteroatoms. The van der Waals surface area contributed by atoms with Gasteiger partial charge in [0.2, 0.25) is 0 Å². The topological polar surface area (TPSA) is 99.6 Å². The Morgan fingerprint density at radius 3 is 2.55 bits per heavy atom. The fourth-order valence-corrected chi connectivity index (χ4v) is 3.97. The van der Waals surface area contributed by atoms with Crippen LogP contribution in [0.2, 0.25) is 0 Å². The number of carbonyl (C=O) groups excluding carboxylic acids is 2. The number of benzene rings is 2. The summed E-state index contributed by atoms with van der Waals surface area (Å²) in [7, 11) is 0. The number of nitrogens with one attached hydrogen (secondary N) is 1. The normalized spacial score (nSPS) is 16.3. The molecule has 0 atom stereocenters. The van der Waals surface area contributed by atoms with Crippen LogP contribution in [0.4, 0.5) is 5.69 Å². The largest absolute Gasteiger partial charge is 0.452 e. The number of carbonyl (C=O) groups is 2. The first-order chi connectivity index (χ1) is 15.1. The van der Waals surface area contributed by atoms with E-state index >= 15 is 0 Å². The molecule has 5 rings (SSSR count). The van der Waals surface area contributed by atoms with Crippen molar-refractivity contribution in [1.82, 2.24) is 9.97 Å². The highest BCUT2D eigenvalue weighted by Crippen LogP contribution is 2.46. The molecule has 2 aromatic carbocycles. The minimum absolute atomic E-state index is 0.307. The van der Waals surface area contributed by atoms with Gasteiger partial charge in [-0.05, 0) is 43.2 Å². The summed E-state index contributed by atoms with van der Waals surface area (Å²) in [6.45, 7) is -0.407. The molecular formula is C23H21N3O5. The Labute approximate surface area is 178 Å². The second-order valence-electron chi connectivity index (χ2n) is 7.72. The van der Waals surface area contributed by atoms with Gasteiger partial charge in [0.15, 0.2) is 18.1 Å². The lowest BCUT2D eigenvalue weighted by Gasteiger charge is -2.31. The van der Waals surface area contributed by atoms with Gasteiger partial charge in [0.05, 0.1) is 16.6 Å². The average Bonchev–Trinajstić information content (AvgIpc) is 3.14. The van der Waals surface area contributed by atoms with Gasteiger partial charge in [0.1, 0.15) is 0 Å². The lowest BCUT2D eigenvalue weighted by atomic mass is 9.94. The van der Waals surface area contributed by atoms with Crippen LogP contribution in [0.1, 0.15) is 42.5 Å². The van der Waals surface area contributed by atoms with E-state index in [1.807, 2.05) is 0 Å². The summed E-state index contributed by atoms with van der Waals surface area (Å²) in [5, 5.41) is 2.73. The highest BCUT2D eigenvalue weighted by Gasteiger charge is 2.42. The third-order valence-corrected chi connectivity index (χ3v) is 5.47. The number of hydrogen-bond donors (Lipinski definition) is 1. The SMILES string of the molecule is O=C(COC(=O)c1ccc2nccnc2c1)Nc1ccc2c(c1)OC1(CCCCC1)O2. The average molecular weight is 419 g/mol. The van der Waals surface area contributed by atoms with Crippen LogP contribution >= 0.6 is 0 Å². The molecule has 0 bridgehead atoms. The van der Waals surface area contributed by atoms with Gasteiger partial charge in [0.25, 0.3) is 11.7 Å². The Morgan fingerprint density at radius 1 is 0.935 bits per heavy atom. The summed E-state index contributed by atoms with van der Waals surface area (Å²) >= 11 is 0. The number of ether oxygens (including phenoxy) is 3. The molecule has 1 fully saturated rings. The predicted octanol–water partition coefficient (Wildman–Crippen LogP) is 3.86. The summed E-state index contributed by atoms with van der Waals surface area (Å²) < 4.78 is 17.3. The molecule has 0 saturated heterocycles. The fourth-order valence-electron chi connectivity index (χ4n) is 3.97. The van der Waals surface area contributed by atoms with E-state index in [1.165, 1.54) is 6.42 Å². The standard InChI is InChI=1S/C23H21N3O5/c27-21(14-29-22(28)15-4-6-17-18(12-15)25-11-10-24-17)26-16-5-7-19-20(13-16)31-23(30-19)8-2-1-3-9-23/h4-7,10-13H,1-3,8-9,14H2,(H,26,27). The number of amides is 1. The monoisotopic (exact) mass is 419 g/mol. The van der Waals surface area contributed by atoms with Crippen LogP contribution < -0.4 is 14.8 Å². The van der Waals surface area contributed by atoms with Crippen LogP contribution in [-0.4, -0.2) is 34.2 Å². The van der Waals surface area contributed by atoms with Gasteiger partial charge >= 0.3 is 5.97 Å². The molecular weight excluding hydrogens is 398 g/mol. The van der Waals surface area contributed by atoms with Gasteiger partial charge in [-0.1, -0.05) is 6.42 Å². The van der Waals surface area contributed by atoms with Crippen molar-refractivity contribution in [1.29, 1.82) is 0 Å². The van der Waals surface area contributed by atoms with Crippen molar-refractivity contribution in [2.45, 2.75) is 37.9 Å². The number of aromatic nitrogens is 2. The van der Waals surface area contributed by atoms with Crippen molar-refractivity contribution >= 4 is 28.6 Å². The molecule has 1 spiro atoms. The fraction of sp³-hybridized carbons (Fsp3) is 0.304. The zero-order valence-corrected chi connectivity index (χ0v) is 16.8. The third-order valence-electron chi connectivity index (χ3n) is 5.47. The molecule has 31 heavy (non-hydrogen) atoms. The Bertz CT molecular complexity index is 1160. The molecule has 0 radical (unpaired) electrons. The van der Waals surface area contributed by atoms with Gasteiger partial charge < -0.3 is 19.5 Å². The van der Waals surface area contributed by atoms with Crippen LogP contribution in [0.15, 0.2) is 48.8 Å². The van der Waals surface area contributed by atoms with Crippen LogP contribution in [0, 0.1) is 0 Å². The van der Waals surface area contributed by atoms with E-state index in [0.717, 1.165) is 25.7 Å². The molecule has 1 aliphatic carbocycles. The number of rotatable bonds is 4. The van der Waals surface area contributed by atoms with E-state index in [0.29, 0.717) is 33.8 Å². The van der Waals surface area contributed by atoms with E-state index < -0.39 is 24.3 Å². The summed E-state index contributed by atoms with van der Waals surface area (Å²) in [5.41, 5.74) is 2.12. The summed E-state index contributed by atoms with van der Waals surface area (Å²) in [6, 6.07) is 10.1. The summed E-state index contributed by atoms with van der Waals surface area (Å²) in [6.07, 6.45) is 8.19. The maximum atomic E-state index is 12.3. The molecule has 2 heterocycles. The number of anilines is 1. The number of esters is 1. The van der Waals surface area contributed by atoms with Crippen molar-refractivity contribution in [3.05, 3.63) is 54.4 Å². The van der Waals surface area contributed by atoms with Crippen LogP contribution in [-0.2, 0) is 9.53 Å². The van der Waals surface area contributed by atoms with Gasteiger partial charge in [-0.25, -0.2) is 4.79 Å². The van der Waals surface area contributed by atoms with Crippen LogP contribution in [0.5, 0.6) is 11.5 Å². The molecule has 1 amide bonds. The Balaban J connectivity index is 1.18. The Morgan fingerprint density at radius 2 is 1.71 bits per heavy atom. The van der Waals surface area contributed by atoms with Crippen LogP contribution in [0.25, 0.3) is 11.0 Å². The van der Waals surface area contributed by atoms with Crippen LogP contribution in [0.3, 0.4) is 0 Å². The van der Waals surface area contributed by atoms with Gasteiger partial charge in [-0.2, -0.15) is 0 Å². The minimum Gasteiger partial charge on any atom is -0.452 e. The predicted molar refractivity (Wildman–Crippen MR) is 112 cm³/mol. The third kappa shape index (κ3) is 4.01. The number of fused-ring (bicyclic) bond motifs is 2. The quantitative estimate of drug-likeness (QED) is 0.641. The molecule has 1 aromatic heterocycles. The first-order valence-corrected chi connectivity index (χ1v) is 10.3. The first-order valence-electron chi connectivity index (χ1n) is 10.3. The smallest absolute Gasteiger partial charge is 0.338 e. The highest BCUT2D eigenvalue weighted by atomic mass is 16.7. The Hall–Kier alpha value is -3.68. The molecule has 8 nitrogen and oxygen atoms in total. The summed E-state index contributed by atoms with van der Waals surface area (Å²) in [5.74, 6) is -0.310. The summed E-state index contributed by atoms with van der Waals surface area (Å²) in [4.78, 5) is 32.9. The highest BCUT2D eigenvalue weighted by molar-refractivity contribution is 5.97. The minimum atomic E-state index is -0.604. The molecule has 2 aliphatic rings. The van der Waals surface area contributed by atoms with Gasteiger partial charge in [0, 0.05) is 37.0 Å². The molecule has 3 aromatic rings. The number of nitrogens with zero attached hydrogens (tertiary/aromatic N) is 2.